The molecule has 1 aromatic rings. The molecule has 1 fully saturated rings. The second kappa shape index (κ2) is 8.10. The van der Waals surface area contributed by atoms with Crippen LogP contribution < -0.4 is 10.6 Å². The van der Waals surface area contributed by atoms with Gasteiger partial charge in [-0.2, -0.15) is 0 Å². The van der Waals surface area contributed by atoms with Crippen LogP contribution in [0.3, 0.4) is 0 Å². The Hall–Kier alpha value is -1.89. The summed E-state index contributed by atoms with van der Waals surface area (Å²) in [5.74, 6) is -1.85. The van der Waals surface area contributed by atoms with E-state index in [0.717, 1.165) is 10.9 Å². The van der Waals surface area contributed by atoms with Crippen LogP contribution in [0.25, 0.3) is 0 Å². The molecule has 1 saturated carbocycles. The zero-order valence-electron chi connectivity index (χ0n) is 12.5. The van der Waals surface area contributed by atoms with Gasteiger partial charge in [-0.3, -0.25) is 14.4 Å². The number of halogens is 1. The lowest BCUT2D eigenvalue weighted by atomic mass is 10.0. The van der Waals surface area contributed by atoms with Crippen molar-refractivity contribution in [2.45, 2.75) is 31.7 Å². The average Bonchev–Trinajstić information content (AvgIpc) is 2.96. The number of amides is 2. The Balaban J connectivity index is 1.73. The molecule has 0 bridgehead atoms. The van der Waals surface area contributed by atoms with Gasteiger partial charge in [0.05, 0.1) is 5.92 Å². The summed E-state index contributed by atoms with van der Waals surface area (Å²) in [7, 11) is 0. The molecule has 0 saturated heterocycles. The van der Waals surface area contributed by atoms with Gasteiger partial charge in [0.25, 0.3) is 5.91 Å². The number of rotatable bonds is 6. The summed E-state index contributed by atoms with van der Waals surface area (Å²) in [6.45, 7) is 0.213. The maximum absolute atomic E-state index is 11.9. The maximum atomic E-state index is 11.9. The van der Waals surface area contributed by atoms with E-state index < -0.39 is 11.9 Å². The van der Waals surface area contributed by atoms with Crippen molar-refractivity contribution in [3.05, 3.63) is 34.3 Å². The van der Waals surface area contributed by atoms with Gasteiger partial charge in [0.1, 0.15) is 0 Å². The molecule has 7 heteroatoms. The number of nitrogens with one attached hydrogen (secondary N) is 2. The molecule has 1 aliphatic rings. The Kier molecular flexibility index (Phi) is 6.15. The van der Waals surface area contributed by atoms with E-state index in [1.807, 2.05) is 0 Å². The van der Waals surface area contributed by atoms with E-state index >= 15 is 0 Å². The smallest absolute Gasteiger partial charge is 0.308 e. The monoisotopic (exact) mass is 382 g/mol. The Labute approximate surface area is 142 Å². The fourth-order valence-corrected chi connectivity index (χ4v) is 2.96. The molecule has 2 rings (SSSR count). The maximum Gasteiger partial charge on any atom is 0.308 e. The van der Waals surface area contributed by atoms with Crippen LogP contribution in [0.1, 0.15) is 36.0 Å². The number of hydrogen-bond acceptors (Lipinski definition) is 3. The van der Waals surface area contributed by atoms with Gasteiger partial charge in [0.15, 0.2) is 0 Å². The third kappa shape index (κ3) is 5.06. The Morgan fingerprint density at radius 3 is 2.52 bits per heavy atom. The predicted octanol–water partition coefficient (Wildman–Crippen LogP) is 1.94. The average molecular weight is 383 g/mol. The zero-order chi connectivity index (χ0) is 16.8. The first-order valence-corrected chi connectivity index (χ1v) is 8.32. The summed E-state index contributed by atoms with van der Waals surface area (Å²) in [5.41, 5.74) is 0.523. The number of carbonyl (C=O) groups excluding carboxylic acids is 2. The van der Waals surface area contributed by atoms with Crippen LogP contribution in [-0.2, 0) is 9.59 Å². The summed E-state index contributed by atoms with van der Waals surface area (Å²) in [6, 6.07) is 6.62. The fraction of sp³-hybridized carbons (Fsp3) is 0.438. The molecule has 0 radical (unpaired) electrons. The summed E-state index contributed by atoms with van der Waals surface area (Å²) in [5, 5.41) is 14.5. The van der Waals surface area contributed by atoms with E-state index in [4.69, 9.17) is 5.11 Å². The second-order valence-electron chi connectivity index (χ2n) is 5.56. The van der Waals surface area contributed by atoms with Crippen molar-refractivity contribution in [2.75, 3.05) is 6.54 Å². The van der Waals surface area contributed by atoms with E-state index in [9.17, 15) is 14.4 Å². The highest BCUT2D eigenvalue weighted by molar-refractivity contribution is 9.10. The summed E-state index contributed by atoms with van der Waals surface area (Å²) in [4.78, 5) is 34.8. The normalized spacial score (nSPS) is 20.0. The van der Waals surface area contributed by atoms with E-state index in [-0.39, 0.29) is 30.8 Å². The number of carboxylic acids is 1. The molecular weight excluding hydrogens is 364 g/mol. The molecule has 0 heterocycles. The van der Waals surface area contributed by atoms with Gasteiger partial charge in [-0.1, -0.05) is 22.4 Å². The summed E-state index contributed by atoms with van der Waals surface area (Å²) in [6.07, 6.45) is 2.22. The van der Waals surface area contributed by atoms with Crippen molar-refractivity contribution < 1.29 is 19.5 Å². The molecule has 1 aliphatic carbocycles. The zero-order valence-corrected chi connectivity index (χ0v) is 14.1. The number of carbonyl (C=O) groups is 3. The highest BCUT2D eigenvalue weighted by Crippen LogP contribution is 2.25. The van der Waals surface area contributed by atoms with Crippen LogP contribution in [0.4, 0.5) is 0 Å². The van der Waals surface area contributed by atoms with E-state index in [0.29, 0.717) is 18.4 Å². The molecule has 0 aliphatic heterocycles. The molecule has 6 nitrogen and oxygen atoms in total. The van der Waals surface area contributed by atoms with Crippen LogP contribution in [0.15, 0.2) is 28.7 Å². The number of benzene rings is 1. The van der Waals surface area contributed by atoms with Crippen molar-refractivity contribution in [1.29, 1.82) is 0 Å². The third-order valence-corrected chi connectivity index (χ3v) is 4.45. The van der Waals surface area contributed by atoms with Crippen molar-refractivity contribution in [3.8, 4) is 0 Å². The van der Waals surface area contributed by atoms with Gasteiger partial charge in [-0.05, 0) is 37.1 Å². The van der Waals surface area contributed by atoms with E-state index in [2.05, 4.69) is 26.6 Å². The minimum Gasteiger partial charge on any atom is -0.481 e. The molecule has 1 aromatic carbocycles. The summed E-state index contributed by atoms with van der Waals surface area (Å²) < 4.78 is 0.887. The quantitative estimate of drug-likeness (QED) is 0.700. The van der Waals surface area contributed by atoms with Crippen molar-refractivity contribution >= 4 is 33.7 Å². The molecule has 3 N–H and O–H groups in total. The van der Waals surface area contributed by atoms with E-state index in [1.54, 1.807) is 24.3 Å². The molecular formula is C16H19BrN2O4. The molecule has 2 atom stereocenters. The SMILES string of the molecule is O=C(CCNC(=O)c1ccc(Br)cc1)N[C@H]1CCC[C@H]1C(=O)O. The lowest BCUT2D eigenvalue weighted by molar-refractivity contribution is -0.142. The fourth-order valence-electron chi connectivity index (χ4n) is 2.70. The largest absolute Gasteiger partial charge is 0.481 e. The first-order chi connectivity index (χ1) is 11.0. The van der Waals surface area contributed by atoms with Gasteiger partial charge in [-0.15, -0.1) is 0 Å². The van der Waals surface area contributed by atoms with Gasteiger partial charge in [0.2, 0.25) is 5.91 Å². The van der Waals surface area contributed by atoms with Gasteiger partial charge >= 0.3 is 5.97 Å². The molecule has 0 unspecified atom stereocenters. The first kappa shape index (κ1) is 17.5. The Bertz CT molecular complexity index is 588. The summed E-state index contributed by atoms with van der Waals surface area (Å²) >= 11 is 3.30. The van der Waals surface area contributed by atoms with Crippen molar-refractivity contribution in [1.82, 2.24) is 10.6 Å². The van der Waals surface area contributed by atoms with Crippen LogP contribution in [0.2, 0.25) is 0 Å². The van der Waals surface area contributed by atoms with Crippen molar-refractivity contribution in [3.63, 3.8) is 0 Å². The predicted molar refractivity (Wildman–Crippen MR) is 88.0 cm³/mol. The van der Waals surface area contributed by atoms with Crippen LogP contribution in [0.5, 0.6) is 0 Å². The van der Waals surface area contributed by atoms with Crippen molar-refractivity contribution in [2.24, 2.45) is 5.92 Å². The van der Waals surface area contributed by atoms with Crippen LogP contribution >= 0.6 is 15.9 Å². The van der Waals surface area contributed by atoms with Gasteiger partial charge < -0.3 is 15.7 Å². The Morgan fingerprint density at radius 1 is 1.17 bits per heavy atom. The third-order valence-electron chi connectivity index (χ3n) is 3.92. The lowest BCUT2D eigenvalue weighted by Gasteiger charge is -2.17. The standard InChI is InChI=1S/C16H19BrN2O4/c17-11-6-4-10(5-7-11)15(21)18-9-8-14(20)19-13-3-1-2-12(13)16(22)23/h4-7,12-13H,1-3,8-9H2,(H,18,21)(H,19,20)(H,22,23)/t12-,13+/m1/s1. The highest BCUT2D eigenvalue weighted by atomic mass is 79.9. The minimum absolute atomic E-state index is 0.130. The van der Waals surface area contributed by atoms with Crippen LogP contribution in [-0.4, -0.2) is 35.5 Å². The topological polar surface area (TPSA) is 95.5 Å². The highest BCUT2D eigenvalue weighted by Gasteiger charge is 2.33. The molecule has 0 spiro atoms. The van der Waals surface area contributed by atoms with Gasteiger partial charge in [-0.25, -0.2) is 0 Å². The second-order valence-corrected chi connectivity index (χ2v) is 6.48. The number of hydrogen-bond donors (Lipinski definition) is 3. The van der Waals surface area contributed by atoms with Gasteiger partial charge in [0, 0.05) is 29.0 Å². The first-order valence-electron chi connectivity index (χ1n) is 7.53. The number of carboxylic acid groups (broad SMARTS) is 1. The minimum atomic E-state index is -0.864. The van der Waals surface area contributed by atoms with E-state index in [1.165, 1.54) is 0 Å². The molecule has 23 heavy (non-hydrogen) atoms. The van der Waals surface area contributed by atoms with Crippen LogP contribution in [0, 0.1) is 5.92 Å². The molecule has 124 valence electrons. The molecule has 0 aromatic heterocycles. The molecule has 2 amide bonds. The Morgan fingerprint density at radius 2 is 1.87 bits per heavy atom. The number of aliphatic carboxylic acids is 1. The lowest BCUT2D eigenvalue weighted by Crippen LogP contribution is -2.41.